The Morgan fingerprint density at radius 1 is 1.33 bits per heavy atom. The number of likely N-dealkylation sites (tertiary alicyclic amines) is 1. The summed E-state index contributed by atoms with van der Waals surface area (Å²) >= 11 is 1.64. The van der Waals surface area contributed by atoms with E-state index in [0.29, 0.717) is 25.9 Å². The van der Waals surface area contributed by atoms with Gasteiger partial charge in [0.05, 0.1) is 22.2 Å². The van der Waals surface area contributed by atoms with E-state index in [9.17, 15) is 9.59 Å². The quantitative estimate of drug-likeness (QED) is 0.698. The maximum Gasteiger partial charge on any atom is 0.222 e. The molecule has 0 spiro atoms. The number of carbonyl (C=O) groups excluding carboxylic acids is 2. The average Bonchev–Trinajstić information content (AvgIpc) is 3.34. The number of benzene rings is 1. The van der Waals surface area contributed by atoms with E-state index in [1.54, 1.807) is 16.2 Å². The fourth-order valence-electron chi connectivity index (χ4n) is 2.70. The Kier molecular flexibility index (Phi) is 11.9. The summed E-state index contributed by atoms with van der Waals surface area (Å²) < 4.78 is 0. The molecule has 1 aromatic heterocycles. The van der Waals surface area contributed by atoms with Crippen molar-refractivity contribution >= 4 is 23.7 Å². The van der Waals surface area contributed by atoms with Crippen LogP contribution < -0.4 is 5.32 Å². The average molecular weight is 434 g/mol. The van der Waals surface area contributed by atoms with Crippen LogP contribution in [0.25, 0.3) is 10.4 Å². The molecule has 1 atom stereocenters. The van der Waals surface area contributed by atoms with Crippen molar-refractivity contribution in [2.45, 2.75) is 60.1 Å². The topological polar surface area (TPSA) is 82.5 Å². The van der Waals surface area contributed by atoms with Crippen LogP contribution in [-0.2, 0) is 16.1 Å². The highest BCUT2D eigenvalue weighted by Gasteiger charge is 2.22. The van der Waals surface area contributed by atoms with Gasteiger partial charge < -0.3 is 15.3 Å². The first-order valence-electron chi connectivity index (χ1n) is 10.4. The molecule has 1 saturated heterocycles. The predicted octanol–water partition coefficient (Wildman–Crippen LogP) is 4.02. The summed E-state index contributed by atoms with van der Waals surface area (Å²) in [6.45, 7) is 12.2. The van der Waals surface area contributed by atoms with Gasteiger partial charge in [0.1, 0.15) is 0 Å². The molecule has 0 bridgehead atoms. The van der Waals surface area contributed by atoms with Gasteiger partial charge in [-0.15, -0.1) is 11.3 Å². The van der Waals surface area contributed by atoms with Gasteiger partial charge in [0.15, 0.2) is 0 Å². The van der Waals surface area contributed by atoms with E-state index < -0.39 is 0 Å². The van der Waals surface area contributed by atoms with Gasteiger partial charge in [-0.1, -0.05) is 52.0 Å². The fraction of sp³-hybridized carbons (Fsp3) is 0.522. The molecule has 1 aliphatic rings. The molecular formula is C23H35N3O3S. The number of aryl methyl sites for hydroxylation is 1. The van der Waals surface area contributed by atoms with E-state index in [1.165, 1.54) is 10.4 Å². The normalized spacial score (nSPS) is 15.0. The standard InChI is InChI=1S/C12H12N2OS.C7H13NO2.C4H10/c1-9-12(16-8-14-9)11-4-2-10(3-5-11)6-13-7-15;1-2-7(10)8-4-3-6(9)5-8;1-4(2)3/h2-5,7-8H,6H2,1H3,(H,13,15);6,9H,2-5H2,1H3;4H,1-3H3. The molecule has 1 aromatic carbocycles. The first-order valence-corrected chi connectivity index (χ1v) is 11.3. The highest BCUT2D eigenvalue weighted by atomic mass is 32.1. The summed E-state index contributed by atoms with van der Waals surface area (Å²) in [5.41, 5.74) is 5.18. The van der Waals surface area contributed by atoms with Crippen molar-refractivity contribution < 1.29 is 14.7 Å². The molecule has 7 heteroatoms. The Labute approximate surface area is 184 Å². The maximum atomic E-state index is 11.0. The van der Waals surface area contributed by atoms with Crippen molar-refractivity contribution in [3.8, 4) is 10.4 Å². The fourth-order valence-corrected chi connectivity index (χ4v) is 3.52. The van der Waals surface area contributed by atoms with Gasteiger partial charge in [0.2, 0.25) is 12.3 Å². The van der Waals surface area contributed by atoms with Crippen LogP contribution in [0, 0.1) is 12.8 Å². The van der Waals surface area contributed by atoms with Crippen LogP contribution in [0.5, 0.6) is 0 Å². The zero-order valence-electron chi connectivity index (χ0n) is 18.7. The molecule has 0 saturated carbocycles. The molecule has 30 heavy (non-hydrogen) atoms. The van der Waals surface area contributed by atoms with Crippen LogP contribution in [0.1, 0.15) is 51.8 Å². The molecule has 2 heterocycles. The second-order valence-corrected chi connectivity index (χ2v) is 8.69. The Bertz CT molecular complexity index is 757. The highest BCUT2D eigenvalue weighted by molar-refractivity contribution is 7.13. The SMILES string of the molecule is CC(C)C.CCC(=O)N1CCC(O)C1.Cc1ncsc1-c1ccc(CNC=O)cc1. The minimum Gasteiger partial charge on any atom is -0.391 e. The van der Waals surface area contributed by atoms with Crippen LogP contribution in [0.3, 0.4) is 0 Å². The molecule has 0 aliphatic carbocycles. The molecule has 2 N–H and O–H groups in total. The van der Waals surface area contributed by atoms with Crippen LogP contribution in [0.4, 0.5) is 0 Å². The number of amides is 2. The number of hydrogen-bond acceptors (Lipinski definition) is 5. The van der Waals surface area contributed by atoms with E-state index in [4.69, 9.17) is 5.11 Å². The van der Waals surface area contributed by atoms with E-state index >= 15 is 0 Å². The predicted molar refractivity (Wildman–Crippen MR) is 123 cm³/mol. The minimum atomic E-state index is -0.282. The number of aromatic nitrogens is 1. The van der Waals surface area contributed by atoms with Gasteiger partial charge in [-0.2, -0.15) is 0 Å². The Morgan fingerprint density at radius 3 is 2.40 bits per heavy atom. The summed E-state index contributed by atoms with van der Waals surface area (Å²) in [6.07, 6.45) is 1.72. The Balaban J connectivity index is 0.000000274. The van der Waals surface area contributed by atoms with Crippen molar-refractivity contribution in [2.75, 3.05) is 13.1 Å². The monoisotopic (exact) mass is 433 g/mol. The van der Waals surface area contributed by atoms with Crippen molar-refractivity contribution in [3.05, 3.63) is 41.0 Å². The van der Waals surface area contributed by atoms with Gasteiger partial charge >= 0.3 is 0 Å². The van der Waals surface area contributed by atoms with Gasteiger partial charge in [0, 0.05) is 26.1 Å². The number of β-amino-alcohol motifs (C(OH)–C–C–N with tert-alkyl or cyclic N) is 1. The molecule has 166 valence electrons. The van der Waals surface area contributed by atoms with E-state index in [1.807, 2.05) is 31.5 Å². The number of aliphatic hydroxyl groups is 1. The van der Waals surface area contributed by atoms with Crippen LogP contribution >= 0.6 is 11.3 Å². The van der Waals surface area contributed by atoms with Gasteiger partial charge in [-0.05, 0) is 30.4 Å². The molecule has 1 unspecified atom stereocenters. The Hall–Kier alpha value is -2.25. The third-order valence-electron chi connectivity index (χ3n) is 4.17. The number of nitrogens with one attached hydrogen (secondary N) is 1. The molecule has 2 amide bonds. The lowest BCUT2D eigenvalue weighted by Gasteiger charge is -2.13. The van der Waals surface area contributed by atoms with Crippen molar-refractivity contribution in [2.24, 2.45) is 5.92 Å². The third-order valence-corrected chi connectivity index (χ3v) is 5.15. The molecule has 1 aliphatic heterocycles. The summed E-state index contributed by atoms with van der Waals surface area (Å²) in [7, 11) is 0. The second kappa shape index (κ2) is 13.9. The zero-order chi connectivity index (χ0) is 22.5. The maximum absolute atomic E-state index is 11.0. The van der Waals surface area contributed by atoms with Crippen molar-refractivity contribution in [1.29, 1.82) is 0 Å². The lowest BCUT2D eigenvalue weighted by molar-refractivity contribution is -0.130. The number of hydrogen-bond donors (Lipinski definition) is 2. The molecule has 6 nitrogen and oxygen atoms in total. The molecule has 0 radical (unpaired) electrons. The van der Waals surface area contributed by atoms with Crippen LogP contribution in [-0.4, -0.2) is 46.5 Å². The number of thiazole rings is 1. The second-order valence-electron chi connectivity index (χ2n) is 7.83. The highest BCUT2D eigenvalue weighted by Crippen LogP contribution is 2.27. The van der Waals surface area contributed by atoms with Crippen molar-refractivity contribution in [3.63, 3.8) is 0 Å². The summed E-state index contributed by atoms with van der Waals surface area (Å²) in [5, 5.41) is 11.7. The third kappa shape index (κ3) is 9.50. The summed E-state index contributed by atoms with van der Waals surface area (Å²) in [6, 6.07) is 8.15. The molecule has 2 aromatic rings. The molecular weight excluding hydrogens is 398 g/mol. The first-order chi connectivity index (χ1) is 14.3. The van der Waals surface area contributed by atoms with E-state index in [2.05, 4.69) is 43.2 Å². The minimum absolute atomic E-state index is 0.150. The zero-order valence-corrected chi connectivity index (χ0v) is 19.5. The summed E-state index contributed by atoms with van der Waals surface area (Å²) in [5.74, 6) is 0.983. The largest absolute Gasteiger partial charge is 0.391 e. The number of carbonyl (C=O) groups is 2. The van der Waals surface area contributed by atoms with Crippen LogP contribution in [0.15, 0.2) is 29.8 Å². The van der Waals surface area contributed by atoms with Gasteiger partial charge in [0.25, 0.3) is 0 Å². The Morgan fingerprint density at radius 2 is 1.97 bits per heavy atom. The number of aliphatic hydroxyl groups excluding tert-OH is 1. The first kappa shape index (κ1) is 25.8. The number of nitrogens with zero attached hydrogens (tertiary/aromatic N) is 2. The molecule has 1 fully saturated rings. The van der Waals surface area contributed by atoms with Crippen molar-refractivity contribution in [1.82, 2.24) is 15.2 Å². The van der Waals surface area contributed by atoms with E-state index in [0.717, 1.165) is 30.1 Å². The van der Waals surface area contributed by atoms with E-state index in [-0.39, 0.29) is 12.0 Å². The lowest BCUT2D eigenvalue weighted by Crippen LogP contribution is -2.28. The number of rotatable bonds is 5. The van der Waals surface area contributed by atoms with Crippen LogP contribution in [0.2, 0.25) is 0 Å². The lowest BCUT2D eigenvalue weighted by atomic mass is 10.1. The summed E-state index contributed by atoms with van der Waals surface area (Å²) in [4.78, 5) is 28.3. The van der Waals surface area contributed by atoms with Gasteiger partial charge in [-0.3, -0.25) is 9.59 Å². The molecule has 3 rings (SSSR count). The van der Waals surface area contributed by atoms with Gasteiger partial charge in [-0.25, -0.2) is 4.98 Å². The smallest absolute Gasteiger partial charge is 0.222 e.